The minimum absolute atomic E-state index is 0.0426. The molecule has 0 saturated carbocycles. The number of amides is 1. The smallest absolute Gasteiger partial charge is 0.270 e. The van der Waals surface area contributed by atoms with E-state index in [9.17, 15) is 14.9 Å². The van der Waals surface area contributed by atoms with Crippen molar-refractivity contribution in [2.75, 3.05) is 31.7 Å². The van der Waals surface area contributed by atoms with Crippen molar-refractivity contribution in [1.29, 1.82) is 0 Å². The van der Waals surface area contributed by atoms with Gasteiger partial charge in [-0.2, -0.15) is 0 Å². The third-order valence-electron chi connectivity index (χ3n) is 3.92. The molecule has 134 valence electrons. The molecule has 0 aliphatic carbocycles. The van der Waals surface area contributed by atoms with Gasteiger partial charge in [-0.25, -0.2) is 0 Å². The number of non-ortho nitro benzene ring substituents is 1. The lowest BCUT2D eigenvalue weighted by Crippen LogP contribution is -2.36. The number of fused-ring (bicyclic) bond motifs is 1. The monoisotopic (exact) mass is 355 g/mol. The highest BCUT2D eigenvalue weighted by Crippen LogP contribution is 2.26. The van der Waals surface area contributed by atoms with E-state index in [0.717, 1.165) is 0 Å². The van der Waals surface area contributed by atoms with Crippen molar-refractivity contribution in [1.82, 2.24) is 0 Å². The Balaban J connectivity index is 1.74. The van der Waals surface area contributed by atoms with E-state index >= 15 is 0 Å². The van der Waals surface area contributed by atoms with Crippen LogP contribution in [0.3, 0.4) is 0 Å². The van der Waals surface area contributed by atoms with Crippen molar-refractivity contribution in [2.24, 2.45) is 4.99 Å². The standard InChI is InChI=1S/C18H17N3O5/c1-25-15-3-5-16(6-4-15)26-12-18(22)20-9-8-19-11-13-10-14(21(23)24)2-7-17(13)20/h2-7,10-11H,8-9,12H2,1H3. The molecule has 0 spiro atoms. The molecule has 0 atom stereocenters. The van der Waals surface area contributed by atoms with Crippen LogP contribution in [0.15, 0.2) is 47.5 Å². The first-order valence-corrected chi connectivity index (χ1v) is 7.94. The van der Waals surface area contributed by atoms with Crippen LogP contribution in [-0.2, 0) is 4.79 Å². The first kappa shape index (κ1) is 17.4. The Hall–Kier alpha value is -3.42. The lowest BCUT2D eigenvalue weighted by atomic mass is 10.1. The minimum atomic E-state index is -0.474. The molecule has 1 amide bonds. The van der Waals surface area contributed by atoms with E-state index in [0.29, 0.717) is 35.8 Å². The molecule has 0 radical (unpaired) electrons. The number of benzodiazepines with no additional fused rings is 1. The summed E-state index contributed by atoms with van der Waals surface area (Å²) in [5.41, 5.74) is 1.08. The van der Waals surface area contributed by atoms with Crippen LogP contribution >= 0.6 is 0 Å². The highest BCUT2D eigenvalue weighted by molar-refractivity contribution is 6.01. The number of carbonyl (C=O) groups excluding carboxylic acids is 1. The molecule has 26 heavy (non-hydrogen) atoms. The van der Waals surface area contributed by atoms with Gasteiger partial charge in [-0.3, -0.25) is 19.9 Å². The van der Waals surface area contributed by atoms with Gasteiger partial charge in [0, 0.05) is 30.5 Å². The Kier molecular flexibility index (Phi) is 5.12. The quantitative estimate of drug-likeness (QED) is 0.606. The van der Waals surface area contributed by atoms with E-state index in [-0.39, 0.29) is 18.2 Å². The van der Waals surface area contributed by atoms with Crippen molar-refractivity contribution in [3.63, 3.8) is 0 Å². The second kappa shape index (κ2) is 7.64. The van der Waals surface area contributed by atoms with Crippen molar-refractivity contribution in [3.05, 3.63) is 58.1 Å². The summed E-state index contributed by atoms with van der Waals surface area (Å²) in [6, 6.07) is 11.3. The molecule has 0 fully saturated rings. The summed E-state index contributed by atoms with van der Waals surface area (Å²) in [6.45, 7) is 0.644. The van der Waals surface area contributed by atoms with E-state index < -0.39 is 4.92 Å². The third-order valence-corrected chi connectivity index (χ3v) is 3.92. The molecule has 3 rings (SSSR count). The second-order valence-electron chi connectivity index (χ2n) is 5.55. The molecular weight excluding hydrogens is 338 g/mol. The number of anilines is 1. The van der Waals surface area contributed by atoms with E-state index in [1.165, 1.54) is 17.0 Å². The molecule has 0 N–H and O–H groups in total. The highest BCUT2D eigenvalue weighted by Gasteiger charge is 2.22. The molecule has 0 bridgehead atoms. The Morgan fingerprint density at radius 2 is 1.96 bits per heavy atom. The van der Waals surface area contributed by atoms with Gasteiger partial charge in [0.05, 0.1) is 24.3 Å². The fourth-order valence-electron chi connectivity index (χ4n) is 2.60. The molecule has 0 unspecified atom stereocenters. The van der Waals surface area contributed by atoms with E-state index in [4.69, 9.17) is 9.47 Å². The molecule has 0 saturated heterocycles. The van der Waals surface area contributed by atoms with Crippen LogP contribution < -0.4 is 14.4 Å². The average molecular weight is 355 g/mol. The lowest BCUT2D eigenvalue weighted by molar-refractivity contribution is -0.384. The summed E-state index contributed by atoms with van der Waals surface area (Å²) < 4.78 is 10.6. The zero-order valence-electron chi connectivity index (χ0n) is 14.1. The molecule has 1 aliphatic heterocycles. The van der Waals surface area contributed by atoms with E-state index in [1.54, 1.807) is 43.7 Å². The molecule has 2 aromatic rings. The molecule has 2 aromatic carbocycles. The number of hydrogen-bond donors (Lipinski definition) is 0. The minimum Gasteiger partial charge on any atom is -0.497 e. The lowest BCUT2D eigenvalue weighted by Gasteiger charge is -2.22. The first-order valence-electron chi connectivity index (χ1n) is 7.94. The molecule has 0 aromatic heterocycles. The number of carbonyl (C=O) groups is 1. The summed E-state index contributed by atoms with van der Waals surface area (Å²) in [7, 11) is 1.57. The molecule has 8 heteroatoms. The van der Waals surface area contributed by atoms with Crippen LogP contribution in [0.1, 0.15) is 5.56 Å². The number of benzene rings is 2. The van der Waals surface area contributed by atoms with Crippen molar-refractivity contribution in [2.45, 2.75) is 0 Å². The normalized spacial score (nSPS) is 12.9. The summed E-state index contributed by atoms with van der Waals surface area (Å²) in [5, 5.41) is 10.9. The number of nitrogens with zero attached hydrogens (tertiary/aromatic N) is 3. The largest absolute Gasteiger partial charge is 0.497 e. The van der Waals surface area contributed by atoms with Crippen LogP contribution in [0.5, 0.6) is 11.5 Å². The van der Waals surface area contributed by atoms with Gasteiger partial charge in [0.25, 0.3) is 11.6 Å². The first-order chi connectivity index (χ1) is 12.6. The van der Waals surface area contributed by atoms with Gasteiger partial charge < -0.3 is 14.4 Å². The van der Waals surface area contributed by atoms with Gasteiger partial charge in [0.15, 0.2) is 6.61 Å². The van der Waals surface area contributed by atoms with Crippen LogP contribution in [0.2, 0.25) is 0 Å². The summed E-state index contributed by atoms with van der Waals surface area (Å²) in [6.07, 6.45) is 1.56. The maximum Gasteiger partial charge on any atom is 0.270 e. The zero-order chi connectivity index (χ0) is 18.5. The van der Waals surface area contributed by atoms with E-state index in [1.807, 2.05) is 0 Å². The van der Waals surface area contributed by atoms with Gasteiger partial charge >= 0.3 is 0 Å². The number of methoxy groups -OCH3 is 1. The van der Waals surface area contributed by atoms with Crippen LogP contribution in [0.25, 0.3) is 0 Å². The van der Waals surface area contributed by atoms with Gasteiger partial charge in [0.1, 0.15) is 11.5 Å². The Morgan fingerprint density at radius 1 is 1.23 bits per heavy atom. The van der Waals surface area contributed by atoms with Crippen molar-refractivity contribution >= 4 is 23.5 Å². The van der Waals surface area contributed by atoms with Crippen LogP contribution in [-0.4, -0.2) is 43.9 Å². The van der Waals surface area contributed by atoms with Crippen LogP contribution in [0.4, 0.5) is 11.4 Å². The fourth-order valence-corrected chi connectivity index (χ4v) is 2.60. The summed E-state index contributed by atoms with van der Waals surface area (Å²) in [5.74, 6) is 0.999. The highest BCUT2D eigenvalue weighted by atomic mass is 16.6. The zero-order valence-corrected chi connectivity index (χ0v) is 14.1. The molecular formula is C18H17N3O5. The van der Waals surface area contributed by atoms with Gasteiger partial charge in [0.2, 0.25) is 0 Å². The maximum absolute atomic E-state index is 12.6. The number of ether oxygens (including phenoxy) is 2. The number of nitro benzene ring substituents is 1. The number of hydrogen-bond acceptors (Lipinski definition) is 6. The van der Waals surface area contributed by atoms with Gasteiger partial charge in [-0.15, -0.1) is 0 Å². The summed E-state index contributed by atoms with van der Waals surface area (Å²) >= 11 is 0. The third kappa shape index (κ3) is 3.80. The average Bonchev–Trinajstić information content (AvgIpc) is 2.88. The maximum atomic E-state index is 12.6. The topological polar surface area (TPSA) is 94.3 Å². The Labute approximate surface area is 149 Å². The van der Waals surface area contributed by atoms with Crippen LogP contribution in [0, 0.1) is 10.1 Å². The van der Waals surface area contributed by atoms with Crippen molar-refractivity contribution < 1.29 is 19.2 Å². The fraction of sp³-hybridized carbons (Fsp3) is 0.222. The Bertz CT molecular complexity index is 848. The SMILES string of the molecule is COc1ccc(OCC(=O)N2CCN=Cc3cc([N+](=O)[O-])ccc32)cc1. The molecule has 1 aliphatic rings. The Morgan fingerprint density at radius 3 is 2.65 bits per heavy atom. The summed E-state index contributed by atoms with van der Waals surface area (Å²) in [4.78, 5) is 28.8. The number of rotatable bonds is 5. The number of nitro groups is 1. The van der Waals surface area contributed by atoms with E-state index in [2.05, 4.69) is 4.99 Å². The molecule has 8 nitrogen and oxygen atoms in total. The predicted octanol–water partition coefficient (Wildman–Crippen LogP) is 2.45. The second-order valence-corrected chi connectivity index (χ2v) is 5.55. The van der Waals surface area contributed by atoms with Gasteiger partial charge in [-0.1, -0.05) is 0 Å². The number of aliphatic imine (C=N–C) groups is 1. The molecule has 1 heterocycles. The van der Waals surface area contributed by atoms with Crippen molar-refractivity contribution in [3.8, 4) is 11.5 Å². The predicted molar refractivity (Wildman–Crippen MR) is 96.4 cm³/mol. The van der Waals surface area contributed by atoms with Gasteiger partial charge in [-0.05, 0) is 30.3 Å².